The van der Waals surface area contributed by atoms with Gasteiger partial charge in [0.2, 0.25) is 5.91 Å². The Morgan fingerprint density at radius 3 is 2.64 bits per heavy atom. The highest BCUT2D eigenvalue weighted by atomic mass is 35.5. The molecular weight excluding hydrogens is 543 g/mol. The molecule has 12 heteroatoms. The Morgan fingerprint density at radius 2 is 1.94 bits per heavy atom. The van der Waals surface area contributed by atoms with Gasteiger partial charge in [-0.1, -0.05) is 35.0 Å². The van der Waals surface area contributed by atoms with Crippen LogP contribution >= 0.6 is 46.3 Å². The normalized spacial score (nSPS) is 18.2. The molecule has 2 amide bonds. The maximum absolute atomic E-state index is 13.4. The summed E-state index contributed by atoms with van der Waals surface area (Å²) in [5.41, 5.74) is 8.23. The Bertz CT molecular complexity index is 1310. The average Bonchev–Trinajstić information content (AvgIpc) is 3.37. The van der Waals surface area contributed by atoms with E-state index in [-0.39, 0.29) is 16.3 Å². The van der Waals surface area contributed by atoms with Crippen LogP contribution in [0.2, 0.25) is 10.0 Å². The summed E-state index contributed by atoms with van der Waals surface area (Å²) in [6.45, 7) is 2.22. The van der Waals surface area contributed by atoms with Crippen LogP contribution in [0.3, 0.4) is 0 Å². The topological polar surface area (TPSA) is 123 Å². The first-order chi connectivity index (χ1) is 17.2. The van der Waals surface area contributed by atoms with Gasteiger partial charge >= 0.3 is 5.97 Å². The first-order valence-electron chi connectivity index (χ1n) is 11.3. The van der Waals surface area contributed by atoms with Gasteiger partial charge in [-0.2, -0.15) is 0 Å². The lowest BCUT2D eigenvalue weighted by Gasteiger charge is -2.13. The zero-order chi connectivity index (χ0) is 26.0. The van der Waals surface area contributed by atoms with E-state index in [0.29, 0.717) is 32.9 Å². The summed E-state index contributed by atoms with van der Waals surface area (Å²) in [7, 11) is 1.32. The van der Waals surface area contributed by atoms with Crippen LogP contribution in [0.5, 0.6) is 0 Å². The summed E-state index contributed by atoms with van der Waals surface area (Å²) in [6.07, 6.45) is 3.62. The second-order valence-corrected chi connectivity index (χ2v) is 11.1. The number of hydrogen-bond donors (Lipinski definition) is 3. The van der Waals surface area contributed by atoms with Gasteiger partial charge in [0, 0.05) is 22.1 Å². The highest BCUT2D eigenvalue weighted by molar-refractivity contribution is 8.16. The standard InChI is InChI=1S/C24H24Cl2N4O4S2/c1-3-28-22-17(20(31)29-14-9-8-11(25)10-13(14)26)18(27)19(36-22)21(32)30-23-16(24(33)34-2)12-6-4-5-7-15(12)35-23/h8-10,19H,3-7,27H2,1-2H3,(H,29,31)(H,30,32)/t19-/m0/s1. The number of hydrogen-bond acceptors (Lipinski definition) is 8. The molecule has 0 radical (unpaired) electrons. The number of ether oxygens (including phenoxy) is 1. The van der Waals surface area contributed by atoms with Crippen LogP contribution in [0, 0.1) is 0 Å². The smallest absolute Gasteiger partial charge is 0.341 e. The number of anilines is 2. The van der Waals surface area contributed by atoms with Crippen molar-refractivity contribution in [3.8, 4) is 0 Å². The number of carbonyl (C=O) groups is 3. The van der Waals surface area contributed by atoms with E-state index in [1.54, 1.807) is 12.1 Å². The van der Waals surface area contributed by atoms with Crippen LogP contribution in [0.15, 0.2) is 34.5 Å². The fourth-order valence-electron chi connectivity index (χ4n) is 4.10. The zero-order valence-corrected chi connectivity index (χ0v) is 22.7. The molecule has 1 atom stereocenters. The number of benzene rings is 1. The van der Waals surface area contributed by atoms with E-state index < -0.39 is 23.0 Å². The van der Waals surface area contributed by atoms with Gasteiger partial charge in [-0.15, -0.1) is 11.3 Å². The number of fused-ring (bicyclic) bond motifs is 1. The Labute approximate surface area is 226 Å². The van der Waals surface area contributed by atoms with Crippen molar-refractivity contribution in [1.82, 2.24) is 0 Å². The molecule has 4 rings (SSSR count). The van der Waals surface area contributed by atoms with E-state index >= 15 is 0 Å². The molecule has 1 aromatic carbocycles. The Balaban J connectivity index is 1.62. The second kappa shape index (κ2) is 11.2. The molecule has 190 valence electrons. The van der Waals surface area contributed by atoms with E-state index in [1.165, 1.54) is 24.5 Å². The maximum atomic E-state index is 13.4. The van der Waals surface area contributed by atoms with Crippen LogP contribution in [0.1, 0.15) is 40.6 Å². The number of methoxy groups -OCH3 is 1. The maximum Gasteiger partial charge on any atom is 0.341 e. The van der Waals surface area contributed by atoms with E-state index in [1.807, 2.05) is 6.92 Å². The number of thioether (sulfide) groups is 1. The van der Waals surface area contributed by atoms with Crippen molar-refractivity contribution in [3.63, 3.8) is 0 Å². The first-order valence-corrected chi connectivity index (χ1v) is 13.7. The van der Waals surface area contributed by atoms with Crippen molar-refractivity contribution in [2.45, 2.75) is 37.9 Å². The number of aliphatic imine (C=N–C) groups is 1. The minimum Gasteiger partial charge on any atom is -0.465 e. The van der Waals surface area contributed by atoms with Crippen LogP contribution in [0.25, 0.3) is 0 Å². The summed E-state index contributed by atoms with van der Waals surface area (Å²) in [5, 5.41) is 6.17. The summed E-state index contributed by atoms with van der Waals surface area (Å²) >= 11 is 14.6. The lowest BCUT2D eigenvalue weighted by atomic mass is 9.95. The number of thiophene rings is 1. The Morgan fingerprint density at radius 1 is 1.19 bits per heavy atom. The van der Waals surface area contributed by atoms with Crippen molar-refractivity contribution in [1.29, 1.82) is 0 Å². The summed E-state index contributed by atoms with van der Waals surface area (Å²) in [5.74, 6) is -1.47. The third-order valence-corrected chi connectivity index (χ3v) is 8.77. The second-order valence-electron chi connectivity index (χ2n) is 8.08. The molecule has 0 unspecified atom stereocenters. The number of carbonyl (C=O) groups excluding carboxylic acids is 3. The first kappa shape index (κ1) is 26.5. The molecule has 0 saturated heterocycles. The fraction of sp³-hybridized carbons (Fsp3) is 0.333. The quantitative estimate of drug-likeness (QED) is 0.420. The van der Waals surface area contributed by atoms with Gasteiger partial charge in [0.1, 0.15) is 15.3 Å². The van der Waals surface area contributed by atoms with Gasteiger partial charge in [0.25, 0.3) is 5.91 Å². The summed E-state index contributed by atoms with van der Waals surface area (Å²) in [4.78, 5) is 44.5. The Hall–Kier alpha value is -2.53. The summed E-state index contributed by atoms with van der Waals surface area (Å²) < 4.78 is 4.99. The van der Waals surface area contributed by atoms with E-state index in [2.05, 4.69) is 15.6 Å². The van der Waals surface area contributed by atoms with Gasteiger partial charge in [0.15, 0.2) is 0 Å². The lowest BCUT2D eigenvalue weighted by Crippen LogP contribution is -2.30. The molecule has 2 aromatic rings. The highest BCUT2D eigenvalue weighted by Gasteiger charge is 2.39. The predicted molar refractivity (Wildman–Crippen MR) is 147 cm³/mol. The van der Waals surface area contributed by atoms with Crippen LogP contribution < -0.4 is 16.4 Å². The molecule has 0 bridgehead atoms. The molecule has 0 spiro atoms. The van der Waals surface area contributed by atoms with Crippen LogP contribution in [-0.4, -0.2) is 41.7 Å². The number of esters is 1. The molecule has 1 aromatic heterocycles. The van der Waals surface area contributed by atoms with Gasteiger partial charge in [-0.3, -0.25) is 14.6 Å². The third kappa shape index (κ3) is 5.27. The van der Waals surface area contributed by atoms with E-state index in [0.717, 1.165) is 47.9 Å². The van der Waals surface area contributed by atoms with Crippen molar-refractivity contribution in [2.75, 3.05) is 24.3 Å². The number of rotatable bonds is 6. The molecule has 2 aliphatic rings. The van der Waals surface area contributed by atoms with Gasteiger partial charge in [-0.25, -0.2) is 4.79 Å². The molecule has 8 nitrogen and oxygen atoms in total. The minimum atomic E-state index is -0.902. The van der Waals surface area contributed by atoms with Gasteiger partial charge in [-0.05, 0) is 56.4 Å². The zero-order valence-electron chi connectivity index (χ0n) is 19.6. The molecule has 36 heavy (non-hydrogen) atoms. The third-order valence-electron chi connectivity index (χ3n) is 5.76. The van der Waals surface area contributed by atoms with Crippen molar-refractivity contribution >= 4 is 79.8 Å². The summed E-state index contributed by atoms with van der Waals surface area (Å²) in [6, 6.07) is 4.69. The number of nitrogens with two attached hydrogens (primary N) is 1. The molecular formula is C24H24Cl2N4O4S2. The average molecular weight is 568 g/mol. The van der Waals surface area contributed by atoms with Crippen LogP contribution in [-0.2, 0) is 27.2 Å². The number of aryl methyl sites for hydroxylation is 1. The van der Waals surface area contributed by atoms with Crippen LogP contribution in [0.4, 0.5) is 10.7 Å². The molecule has 2 heterocycles. The number of nitrogens with zero attached hydrogens (tertiary/aromatic N) is 1. The highest BCUT2D eigenvalue weighted by Crippen LogP contribution is 2.40. The molecule has 0 saturated carbocycles. The van der Waals surface area contributed by atoms with Crippen molar-refractivity contribution < 1.29 is 19.1 Å². The number of halogens is 2. The lowest BCUT2D eigenvalue weighted by molar-refractivity contribution is -0.115. The SMILES string of the molecule is CCN=C1S[C@H](C(=O)Nc2sc3c(c2C(=O)OC)CCCC3)C(N)=C1C(=O)Nc1ccc(Cl)cc1Cl. The molecule has 0 fully saturated rings. The largest absolute Gasteiger partial charge is 0.465 e. The molecule has 1 aliphatic carbocycles. The Kier molecular flexibility index (Phi) is 8.29. The van der Waals surface area contributed by atoms with Crippen molar-refractivity contribution in [3.05, 3.63) is 55.5 Å². The molecule has 4 N–H and O–H groups in total. The number of nitrogens with one attached hydrogen (secondary N) is 2. The van der Waals surface area contributed by atoms with Gasteiger partial charge in [0.05, 0.1) is 29.0 Å². The fourth-order valence-corrected chi connectivity index (χ4v) is 7.00. The number of amides is 2. The predicted octanol–water partition coefficient (Wildman–Crippen LogP) is 5.04. The minimum absolute atomic E-state index is 0.0771. The van der Waals surface area contributed by atoms with Crippen molar-refractivity contribution in [2.24, 2.45) is 10.7 Å². The van der Waals surface area contributed by atoms with Gasteiger partial charge < -0.3 is 21.1 Å². The molecule has 1 aliphatic heterocycles. The van der Waals surface area contributed by atoms with E-state index in [4.69, 9.17) is 33.7 Å². The van der Waals surface area contributed by atoms with E-state index in [9.17, 15) is 14.4 Å². The monoisotopic (exact) mass is 566 g/mol.